The van der Waals surface area contributed by atoms with Gasteiger partial charge in [-0.25, -0.2) is 9.78 Å². The van der Waals surface area contributed by atoms with Crippen molar-refractivity contribution < 1.29 is 19.4 Å². The summed E-state index contributed by atoms with van der Waals surface area (Å²) in [4.78, 5) is 14.8. The second kappa shape index (κ2) is 7.86. The number of hydrogen-bond acceptors (Lipinski definition) is 5. The number of carbonyl (C=O) groups is 1. The summed E-state index contributed by atoms with van der Waals surface area (Å²) in [5.41, 5.74) is 0.0227. The van der Waals surface area contributed by atoms with Gasteiger partial charge < -0.3 is 19.9 Å². The fraction of sp³-hybridized carbons (Fsp3) is 0.455. The van der Waals surface area contributed by atoms with Crippen molar-refractivity contribution in [2.45, 2.75) is 0 Å². The molecule has 0 aliphatic heterocycles. The van der Waals surface area contributed by atoms with Gasteiger partial charge in [-0.15, -0.1) is 0 Å². The topological polar surface area (TPSA) is 80.7 Å². The molecule has 7 heteroatoms. The number of nitrogens with zero attached hydrogens (tertiary/aromatic N) is 1. The molecule has 0 spiro atoms. The Morgan fingerprint density at radius 3 is 2.94 bits per heavy atom. The molecule has 100 valence electrons. The number of aromatic carboxylic acids is 1. The first kappa shape index (κ1) is 14.7. The van der Waals surface area contributed by atoms with Crippen molar-refractivity contribution in [2.24, 2.45) is 0 Å². The molecule has 1 heterocycles. The first-order valence-electron chi connectivity index (χ1n) is 5.35. The molecule has 1 rings (SSSR count). The van der Waals surface area contributed by atoms with Crippen LogP contribution in [0.4, 0.5) is 5.82 Å². The normalized spacial score (nSPS) is 10.3. The van der Waals surface area contributed by atoms with Gasteiger partial charge in [-0.3, -0.25) is 0 Å². The highest BCUT2D eigenvalue weighted by molar-refractivity contribution is 6.35. The number of nitrogens with one attached hydrogen (secondary N) is 1. The lowest BCUT2D eigenvalue weighted by Crippen LogP contribution is -2.13. The fourth-order valence-electron chi connectivity index (χ4n) is 1.22. The summed E-state index contributed by atoms with van der Waals surface area (Å²) >= 11 is 5.90. The predicted octanol–water partition coefficient (Wildman–Crippen LogP) is 1.51. The molecule has 2 N–H and O–H groups in total. The number of pyridine rings is 1. The zero-order valence-corrected chi connectivity index (χ0v) is 10.7. The van der Waals surface area contributed by atoms with E-state index in [1.165, 1.54) is 12.3 Å². The van der Waals surface area contributed by atoms with E-state index in [4.69, 9.17) is 26.2 Å². The molecular weight excluding hydrogens is 260 g/mol. The van der Waals surface area contributed by atoms with Gasteiger partial charge in [0.1, 0.15) is 5.82 Å². The summed E-state index contributed by atoms with van der Waals surface area (Å²) in [5.74, 6) is -0.742. The van der Waals surface area contributed by atoms with E-state index >= 15 is 0 Å². The lowest BCUT2D eigenvalue weighted by atomic mass is 10.2. The van der Waals surface area contributed by atoms with Crippen molar-refractivity contribution in [1.29, 1.82) is 0 Å². The van der Waals surface area contributed by atoms with Crippen LogP contribution in [0.25, 0.3) is 0 Å². The molecule has 0 aliphatic carbocycles. The van der Waals surface area contributed by atoms with Crippen LogP contribution in [0.2, 0.25) is 5.02 Å². The van der Waals surface area contributed by atoms with Gasteiger partial charge >= 0.3 is 5.97 Å². The Morgan fingerprint density at radius 1 is 1.50 bits per heavy atom. The summed E-state index contributed by atoms with van der Waals surface area (Å²) in [6.07, 6.45) is 1.39. The van der Waals surface area contributed by atoms with Crippen LogP contribution in [0.15, 0.2) is 12.3 Å². The van der Waals surface area contributed by atoms with E-state index in [1.54, 1.807) is 7.11 Å². The third-order valence-electron chi connectivity index (χ3n) is 2.09. The third-order valence-corrected chi connectivity index (χ3v) is 2.47. The third kappa shape index (κ3) is 4.48. The second-order valence-electron chi connectivity index (χ2n) is 3.36. The second-order valence-corrected chi connectivity index (χ2v) is 3.74. The largest absolute Gasteiger partial charge is 0.478 e. The maximum absolute atomic E-state index is 10.8. The van der Waals surface area contributed by atoms with Crippen LogP contribution in [0.1, 0.15) is 10.4 Å². The molecule has 0 amide bonds. The summed E-state index contributed by atoms with van der Waals surface area (Å²) in [6, 6.07) is 1.35. The number of aromatic nitrogens is 1. The SMILES string of the molecule is COCCOCCNc1nccc(C(=O)O)c1Cl. The maximum Gasteiger partial charge on any atom is 0.337 e. The van der Waals surface area contributed by atoms with Crippen molar-refractivity contribution >= 4 is 23.4 Å². The number of carboxylic acid groups (broad SMARTS) is 1. The van der Waals surface area contributed by atoms with Gasteiger partial charge in [-0.2, -0.15) is 0 Å². The molecule has 18 heavy (non-hydrogen) atoms. The molecule has 0 fully saturated rings. The fourth-order valence-corrected chi connectivity index (χ4v) is 1.48. The summed E-state index contributed by atoms with van der Waals surface area (Å²) in [7, 11) is 1.60. The van der Waals surface area contributed by atoms with Crippen molar-refractivity contribution in [3.63, 3.8) is 0 Å². The Kier molecular flexibility index (Phi) is 6.42. The highest BCUT2D eigenvalue weighted by atomic mass is 35.5. The monoisotopic (exact) mass is 274 g/mol. The highest BCUT2D eigenvalue weighted by Crippen LogP contribution is 2.23. The Hall–Kier alpha value is -1.37. The van der Waals surface area contributed by atoms with Crippen LogP contribution >= 0.6 is 11.6 Å². The molecule has 0 radical (unpaired) electrons. The van der Waals surface area contributed by atoms with E-state index < -0.39 is 5.97 Å². The lowest BCUT2D eigenvalue weighted by Gasteiger charge is -2.09. The standard InChI is InChI=1S/C11H15ClN2O4/c1-17-6-7-18-5-4-14-10-9(12)8(11(15)16)2-3-13-10/h2-3H,4-7H2,1H3,(H,13,14)(H,15,16). The number of carboxylic acids is 1. The molecule has 0 bridgehead atoms. The number of hydrogen-bond donors (Lipinski definition) is 2. The molecule has 0 atom stereocenters. The Labute approximate surface area is 110 Å². The van der Waals surface area contributed by atoms with Gasteiger partial charge in [-0.1, -0.05) is 11.6 Å². The number of rotatable bonds is 8. The first-order chi connectivity index (χ1) is 8.66. The quantitative estimate of drug-likeness (QED) is 0.700. The van der Waals surface area contributed by atoms with Gasteiger partial charge in [0.15, 0.2) is 0 Å². The van der Waals surface area contributed by atoms with Crippen molar-refractivity contribution in [3.8, 4) is 0 Å². The van der Waals surface area contributed by atoms with Crippen LogP contribution in [0, 0.1) is 0 Å². The van der Waals surface area contributed by atoms with Crippen molar-refractivity contribution in [2.75, 3.05) is 38.8 Å². The minimum atomic E-state index is -1.08. The molecule has 0 saturated carbocycles. The number of halogens is 1. The van der Waals surface area contributed by atoms with Crippen molar-refractivity contribution in [3.05, 3.63) is 22.8 Å². The Bertz CT molecular complexity index is 401. The molecule has 0 aromatic carbocycles. The molecule has 6 nitrogen and oxygen atoms in total. The molecular formula is C11H15ClN2O4. The molecule has 1 aromatic rings. The zero-order chi connectivity index (χ0) is 13.4. The van der Waals surface area contributed by atoms with Gasteiger partial charge in [0.2, 0.25) is 0 Å². The van der Waals surface area contributed by atoms with E-state index in [-0.39, 0.29) is 10.6 Å². The number of anilines is 1. The molecule has 1 aromatic heterocycles. The van der Waals surface area contributed by atoms with Crippen LogP contribution in [-0.2, 0) is 9.47 Å². The summed E-state index contributed by atoms with van der Waals surface area (Å²) < 4.78 is 10.1. The van der Waals surface area contributed by atoms with Gasteiger partial charge in [-0.05, 0) is 6.07 Å². The summed E-state index contributed by atoms with van der Waals surface area (Å²) in [6.45, 7) is 1.99. The van der Waals surface area contributed by atoms with Crippen LogP contribution in [-0.4, -0.2) is 49.5 Å². The Morgan fingerprint density at radius 2 is 2.28 bits per heavy atom. The van der Waals surface area contributed by atoms with E-state index in [0.29, 0.717) is 32.2 Å². The first-order valence-corrected chi connectivity index (χ1v) is 5.73. The lowest BCUT2D eigenvalue weighted by molar-refractivity contribution is 0.0697. The minimum absolute atomic E-state index is 0.0227. The average Bonchev–Trinajstić information content (AvgIpc) is 2.35. The average molecular weight is 275 g/mol. The van der Waals surface area contributed by atoms with Crippen LogP contribution in [0.3, 0.4) is 0 Å². The van der Waals surface area contributed by atoms with Gasteiger partial charge in [0.25, 0.3) is 0 Å². The zero-order valence-electron chi connectivity index (χ0n) is 9.98. The minimum Gasteiger partial charge on any atom is -0.478 e. The molecule has 0 unspecified atom stereocenters. The molecule has 0 aliphatic rings. The summed E-state index contributed by atoms with van der Waals surface area (Å²) in [5, 5.41) is 11.9. The number of methoxy groups -OCH3 is 1. The highest BCUT2D eigenvalue weighted by Gasteiger charge is 2.12. The van der Waals surface area contributed by atoms with E-state index in [1.807, 2.05) is 0 Å². The maximum atomic E-state index is 10.8. The van der Waals surface area contributed by atoms with E-state index in [2.05, 4.69) is 10.3 Å². The van der Waals surface area contributed by atoms with Gasteiger partial charge in [0.05, 0.1) is 30.4 Å². The van der Waals surface area contributed by atoms with E-state index in [9.17, 15) is 4.79 Å². The van der Waals surface area contributed by atoms with Crippen molar-refractivity contribution in [1.82, 2.24) is 4.98 Å². The molecule has 0 saturated heterocycles. The predicted molar refractivity (Wildman–Crippen MR) is 67.4 cm³/mol. The Balaban J connectivity index is 2.43. The van der Waals surface area contributed by atoms with E-state index in [0.717, 1.165) is 0 Å². The van der Waals surface area contributed by atoms with Crippen LogP contribution in [0.5, 0.6) is 0 Å². The van der Waals surface area contributed by atoms with Gasteiger partial charge in [0, 0.05) is 19.9 Å². The van der Waals surface area contributed by atoms with Crippen LogP contribution < -0.4 is 5.32 Å². The number of ether oxygens (including phenoxy) is 2. The smallest absolute Gasteiger partial charge is 0.337 e.